The summed E-state index contributed by atoms with van der Waals surface area (Å²) in [7, 11) is 0. The van der Waals surface area contributed by atoms with Crippen LogP contribution in [0.25, 0.3) is 0 Å². The number of Topliss-reactive ketones (excluding diaryl/α,β-unsaturated/α-hetero) is 1. The van der Waals surface area contributed by atoms with Crippen LogP contribution in [0.2, 0.25) is 5.02 Å². The van der Waals surface area contributed by atoms with E-state index in [0.29, 0.717) is 23.4 Å². The Kier molecular flexibility index (Phi) is 2.50. The molecule has 0 aromatic heterocycles. The van der Waals surface area contributed by atoms with Crippen molar-refractivity contribution in [1.29, 1.82) is 0 Å². The summed E-state index contributed by atoms with van der Waals surface area (Å²) in [4.78, 5) is 11.8. The molecule has 0 atom stereocenters. The van der Waals surface area contributed by atoms with Crippen LogP contribution in [0.15, 0.2) is 18.2 Å². The standard InChI is InChI=1S/C10H7Cl3O/c11-7-2-1-6-3-4-10(12,13)9(14)8(6)5-7/h1-2,5H,3-4H2. The van der Waals surface area contributed by atoms with Gasteiger partial charge >= 0.3 is 0 Å². The third-order valence-electron chi connectivity index (χ3n) is 2.36. The predicted molar refractivity (Wildman–Crippen MR) is 58.5 cm³/mol. The normalized spacial score (nSPS) is 19.2. The van der Waals surface area contributed by atoms with Gasteiger partial charge < -0.3 is 0 Å². The maximum absolute atomic E-state index is 11.8. The van der Waals surface area contributed by atoms with E-state index in [9.17, 15) is 4.79 Å². The van der Waals surface area contributed by atoms with Gasteiger partial charge in [0.2, 0.25) is 0 Å². The van der Waals surface area contributed by atoms with Crippen LogP contribution in [0.5, 0.6) is 0 Å². The lowest BCUT2D eigenvalue weighted by atomic mass is 9.90. The molecule has 0 saturated carbocycles. The molecule has 0 radical (unpaired) electrons. The number of carbonyl (C=O) groups excluding carboxylic acids is 1. The fourth-order valence-corrected chi connectivity index (χ4v) is 2.14. The summed E-state index contributed by atoms with van der Waals surface area (Å²) in [5.41, 5.74) is 1.52. The van der Waals surface area contributed by atoms with E-state index in [-0.39, 0.29) is 5.78 Å². The number of benzene rings is 1. The monoisotopic (exact) mass is 248 g/mol. The molecule has 2 rings (SSSR count). The molecule has 0 amide bonds. The van der Waals surface area contributed by atoms with Crippen molar-refractivity contribution < 1.29 is 4.79 Å². The number of fused-ring (bicyclic) bond motifs is 1. The van der Waals surface area contributed by atoms with Crippen molar-refractivity contribution in [3.05, 3.63) is 34.3 Å². The molecule has 0 fully saturated rings. The van der Waals surface area contributed by atoms with Crippen molar-refractivity contribution in [1.82, 2.24) is 0 Å². The highest BCUT2D eigenvalue weighted by Crippen LogP contribution is 2.37. The SMILES string of the molecule is O=C1c2cc(Cl)ccc2CCC1(Cl)Cl. The van der Waals surface area contributed by atoms with E-state index < -0.39 is 4.33 Å². The number of hydrogen-bond acceptors (Lipinski definition) is 1. The van der Waals surface area contributed by atoms with Crippen LogP contribution in [0.3, 0.4) is 0 Å². The summed E-state index contributed by atoms with van der Waals surface area (Å²) in [5.74, 6) is -0.246. The van der Waals surface area contributed by atoms with Crippen molar-refractivity contribution in [3.63, 3.8) is 0 Å². The fraction of sp³-hybridized carbons (Fsp3) is 0.300. The fourth-order valence-electron chi connectivity index (χ4n) is 1.58. The zero-order valence-electron chi connectivity index (χ0n) is 7.19. The average molecular weight is 250 g/mol. The molecule has 14 heavy (non-hydrogen) atoms. The smallest absolute Gasteiger partial charge is 0.199 e. The van der Waals surface area contributed by atoms with E-state index in [1.165, 1.54) is 0 Å². The molecule has 1 nitrogen and oxygen atoms in total. The molecule has 0 unspecified atom stereocenters. The van der Waals surface area contributed by atoms with E-state index in [4.69, 9.17) is 34.8 Å². The van der Waals surface area contributed by atoms with Crippen molar-refractivity contribution >= 4 is 40.6 Å². The van der Waals surface area contributed by atoms with Gasteiger partial charge in [-0.3, -0.25) is 4.79 Å². The first-order valence-corrected chi connectivity index (χ1v) is 5.35. The molecule has 1 aromatic carbocycles. The Morgan fingerprint density at radius 2 is 2.00 bits per heavy atom. The minimum atomic E-state index is -1.28. The van der Waals surface area contributed by atoms with Gasteiger partial charge in [-0.15, -0.1) is 0 Å². The van der Waals surface area contributed by atoms with Gasteiger partial charge in [-0.1, -0.05) is 40.9 Å². The third kappa shape index (κ3) is 1.65. The van der Waals surface area contributed by atoms with E-state index >= 15 is 0 Å². The van der Waals surface area contributed by atoms with Gasteiger partial charge in [-0.05, 0) is 30.5 Å². The third-order valence-corrected chi connectivity index (χ3v) is 3.31. The van der Waals surface area contributed by atoms with Crippen LogP contribution >= 0.6 is 34.8 Å². The van der Waals surface area contributed by atoms with Gasteiger partial charge in [-0.25, -0.2) is 0 Å². The second-order valence-corrected chi connectivity index (χ2v) is 5.26. The highest BCUT2D eigenvalue weighted by molar-refractivity contribution is 6.60. The van der Waals surface area contributed by atoms with Gasteiger partial charge in [0.25, 0.3) is 0 Å². The first-order chi connectivity index (χ1) is 6.50. The van der Waals surface area contributed by atoms with Crippen LogP contribution in [0.4, 0.5) is 0 Å². The number of alkyl halides is 2. The first kappa shape index (κ1) is 10.3. The lowest BCUT2D eigenvalue weighted by molar-refractivity contribution is 0.0961. The molecule has 0 aliphatic heterocycles. The maximum atomic E-state index is 11.8. The molecule has 0 bridgehead atoms. The highest BCUT2D eigenvalue weighted by Gasteiger charge is 2.38. The summed E-state index contributed by atoms with van der Waals surface area (Å²) in [6, 6.07) is 5.24. The Morgan fingerprint density at radius 3 is 2.71 bits per heavy atom. The molecular weight excluding hydrogens is 242 g/mol. The van der Waals surface area contributed by atoms with Crippen molar-refractivity contribution in [2.45, 2.75) is 17.2 Å². The van der Waals surface area contributed by atoms with E-state index in [2.05, 4.69) is 0 Å². The van der Waals surface area contributed by atoms with Crippen molar-refractivity contribution in [2.75, 3.05) is 0 Å². The molecule has 1 aliphatic carbocycles. The second kappa shape index (κ2) is 3.41. The molecule has 1 aliphatic rings. The highest BCUT2D eigenvalue weighted by atomic mass is 35.5. The number of carbonyl (C=O) groups is 1. The first-order valence-electron chi connectivity index (χ1n) is 4.22. The largest absolute Gasteiger partial charge is 0.291 e. The Bertz CT molecular complexity index is 398. The van der Waals surface area contributed by atoms with Crippen LogP contribution in [-0.4, -0.2) is 10.1 Å². The van der Waals surface area contributed by atoms with Crippen LogP contribution in [0, 0.1) is 0 Å². The quantitative estimate of drug-likeness (QED) is 0.642. The minimum Gasteiger partial charge on any atom is -0.291 e. The van der Waals surface area contributed by atoms with Gasteiger partial charge in [-0.2, -0.15) is 0 Å². The zero-order chi connectivity index (χ0) is 10.3. The van der Waals surface area contributed by atoms with E-state index in [1.807, 2.05) is 6.07 Å². The summed E-state index contributed by atoms with van der Waals surface area (Å²) in [6.45, 7) is 0. The maximum Gasteiger partial charge on any atom is 0.199 e. The zero-order valence-corrected chi connectivity index (χ0v) is 9.46. The summed E-state index contributed by atoms with van der Waals surface area (Å²) >= 11 is 17.5. The molecule has 4 heteroatoms. The van der Waals surface area contributed by atoms with E-state index in [1.54, 1.807) is 12.1 Å². The molecule has 74 valence electrons. The average Bonchev–Trinajstić information content (AvgIpc) is 2.13. The van der Waals surface area contributed by atoms with Crippen LogP contribution in [-0.2, 0) is 6.42 Å². The Labute approximate surface area is 97.0 Å². The number of hydrogen-bond donors (Lipinski definition) is 0. The topological polar surface area (TPSA) is 17.1 Å². The second-order valence-electron chi connectivity index (χ2n) is 3.34. The van der Waals surface area contributed by atoms with Gasteiger partial charge in [0.05, 0.1) is 0 Å². The minimum absolute atomic E-state index is 0.246. The number of halogens is 3. The molecule has 0 saturated heterocycles. The number of rotatable bonds is 0. The summed E-state index contributed by atoms with van der Waals surface area (Å²) in [6.07, 6.45) is 1.18. The Hall–Kier alpha value is -0.240. The van der Waals surface area contributed by atoms with Crippen LogP contribution < -0.4 is 0 Å². The summed E-state index contributed by atoms with van der Waals surface area (Å²) in [5, 5.41) is 0.531. The van der Waals surface area contributed by atoms with Gasteiger partial charge in [0.1, 0.15) is 0 Å². The molecule has 0 N–H and O–H groups in total. The van der Waals surface area contributed by atoms with Crippen LogP contribution in [0.1, 0.15) is 22.3 Å². The molecular formula is C10H7Cl3O. The molecule has 0 spiro atoms. The van der Waals surface area contributed by atoms with E-state index in [0.717, 1.165) is 5.56 Å². The predicted octanol–water partition coefficient (Wildman–Crippen LogP) is 3.64. The lowest BCUT2D eigenvalue weighted by Crippen LogP contribution is -2.31. The van der Waals surface area contributed by atoms with Gasteiger partial charge in [0, 0.05) is 10.6 Å². The van der Waals surface area contributed by atoms with Crippen molar-refractivity contribution in [3.8, 4) is 0 Å². The molecule has 0 heterocycles. The molecule has 1 aromatic rings. The Balaban J connectivity index is 2.54. The Morgan fingerprint density at radius 1 is 1.29 bits per heavy atom. The number of ketones is 1. The summed E-state index contributed by atoms with van der Waals surface area (Å²) < 4.78 is -1.28. The van der Waals surface area contributed by atoms with Gasteiger partial charge in [0.15, 0.2) is 10.1 Å². The lowest BCUT2D eigenvalue weighted by Gasteiger charge is -2.25. The number of aryl methyl sites for hydroxylation is 1. The van der Waals surface area contributed by atoms with Crippen molar-refractivity contribution in [2.24, 2.45) is 0 Å².